The molecule has 0 saturated carbocycles. The molecule has 1 atom stereocenters. The van der Waals surface area contributed by atoms with Crippen LogP contribution in [-0.4, -0.2) is 30.2 Å². The predicted octanol–water partition coefficient (Wildman–Crippen LogP) is 2.26. The Morgan fingerprint density at radius 1 is 1.26 bits per heavy atom. The minimum Gasteiger partial charge on any atom is -0.394 e. The average molecular weight is 264 g/mol. The molecule has 0 aliphatic rings. The normalized spacial score (nSPS) is 12.3. The first-order valence-corrected chi connectivity index (χ1v) is 6.82. The van der Waals surface area contributed by atoms with Crippen LogP contribution in [0.15, 0.2) is 24.3 Å². The van der Waals surface area contributed by atoms with Crippen molar-refractivity contribution in [1.82, 2.24) is 5.32 Å². The van der Waals surface area contributed by atoms with E-state index in [-0.39, 0.29) is 18.6 Å². The van der Waals surface area contributed by atoms with Crippen LogP contribution in [-0.2, 0) is 0 Å². The Hall–Kier alpha value is -1.55. The number of aliphatic hydroxyl groups excluding tert-OH is 1. The lowest BCUT2D eigenvalue weighted by Crippen LogP contribution is -2.36. The molecule has 0 aliphatic heterocycles. The van der Waals surface area contributed by atoms with Gasteiger partial charge < -0.3 is 15.7 Å². The minimum absolute atomic E-state index is 0.0315. The molecule has 0 bridgehead atoms. The number of hydrogen-bond donors (Lipinski definition) is 3. The fourth-order valence-corrected chi connectivity index (χ4v) is 1.61. The first-order chi connectivity index (χ1) is 9.06. The zero-order chi connectivity index (χ0) is 14.3. The smallest absolute Gasteiger partial charge is 0.251 e. The summed E-state index contributed by atoms with van der Waals surface area (Å²) in [7, 11) is 0. The molecule has 1 aromatic carbocycles. The topological polar surface area (TPSA) is 61.4 Å². The molecular formula is C15H24N2O2. The Balaban J connectivity index is 2.57. The molecule has 0 aliphatic carbocycles. The molecule has 19 heavy (non-hydrogen) atoms. The minimum atomic E-state index is -0.175. The molecule has 1 amide bonds. The summed E-state index contributed by atoms with van der Waals surface area (Å²) >= 11 is 0. The van der Waals surface area contributed by atoms with Crippen molar-refractivity contribution in [2.24, 2.45) is 5.92 Å². The van der Waals surface area contributed by atoms with Crippen molar-refractivity contribution in [2.75, 3.05) is 18.5 Å². The van der Waals surface area contributed by atoms with Crippen molar-refractivity contribution >= 4 is 11.6 Å². The third kappa shape index (κ3) is 5.30. The summed E-state index contributed by atoms with van der Waals surface area (Å²) in [4.78, 5) is 11.9. The van der Waals surface area contributed by atoms with Gasteiger partial charge in [-0.2, -0.15) is 0 Å². The van der Waals surface area contributed by atoms with Crippen molar-refractivity contribution in [3.8, 4) is 0 Å². The number of aliphatic hydroxyl groups is 1. The Labute approximate surface area is 115 Å². The maximum absolute atomic E-state index is 11.9. The predicted molar refractivity (Wildman–Crippen MR) is 78.4 cm³/mol. The second kappa shape index (κ2) is 7.79. The standard InChI is InChI=1S/C15H24N2O2/c1-4-13(10-18)17-15(19)12-5-7-14(8-6-12)16-9-11(2)3/h5-8,11,13,16,18H,4,9-10H2,1-3H3,(H,17,19). The van der Waals surface area contributed by atoms with Crippen LogP contribution in [0.4, 0.5) is 5.69 Å². The molecule has 106 valence electrons. The van der Waals surface area contributed by atoms with E-state index in [0.29, 0.717) is 11.5 Å². The summed E-state index contributed by atoms with van der Waals surface area (Å²) in [5.74, 6) is 0.439. The highest BCUT2D eigenvalue weighted by Crippen LogP contribution is 2.10. The van der Waals surface area contributed by atoms with Crippen molar-refractivity contribution in [3.63, 3.8) is 0 Å². The quantitative estimate of drug-likeness (QED) is 0.708. The molecule has 4 heteroatoms. The molecule has 0 heterocycles. The maximum atomic E-state index is 11.9. The Morgan fingerprint density at radius 3 is 2.37 bits per heavy atom. The lowest BCUT2D eigenvalue weighted by molar-refractivity contribution is 0.0915. The van der Waals surface area contributed by atoms with Crippen molar-refractivity contribution < 1.29 is 9.90 Å². The first-order valence-electron chi connectivity index (χ1n) is 6.82. The summed E-state index contributed by atoms with van der Waals surface area (Å²) in [5, 5.41) is 15.2. The Bertz CT molecular complexity index is 384. The molecule has 0 radical (unpaired) electrons. The van der Waals surface area contributed by atoms with Crippen LogP contribution >= 0.6 is 0 Å². The van der Waals surface area contributed by atoms with Crippen LogP contribution in [0.1, 0.15) is 37.6 Å². The Kier molecular flexibility index (Phi) is 6.36. The maximum Gasteiger partial charge on any atom is 0.251 e. The van der Waals surface area contributed by atoms with E-state index in [9.17, 15) is 4.79 Å². The zero-order valence-corrected chi connectivity index (χ0v) is 11.9. The van der Waals surface area contributed by atoms with Gasteiger partial charge in [-0.05, 0) is 36.6 Å². The van der Waals surface area contributed by atoms with E-state index in [1.165, 1.54) is 0 Å². The zero-order valence-electron chi connectivity index (χ0n) is 11.9. The van der Waals surface area contributed by atoms with Gasteiger partial charge in [-0.15, -0.1) is 0 Å². The molecule has 0 saturated heterocycles. The summed E-state index contributed by atoms with van der Waals surface area (Å²) in [6, 6.07) is 7.21. The van der Waals surface area contributed by atoms with Crippen LogP contribution < -0.4 is 10.6 Å². The molecule has 4 nitrogen and oxygen atoms in total. The van der Waals surface area contributed by atoms with Gasteiger partial charge in [0.05, 0.1) is 12.6 Å². The summed E-state index contributed by atoms with van der Waals surface area (Å²) in [6.45, 7) is 7.10. The highest BCUT2D eigenvalue weighted by Gasteiger charge is 2.10. The number of amides is 1. The SMILES string of the molecule is CCC(CO)NC(=O)c1ccc(NCC(C)C)cc1. The van der Waals surface area contributed by atoms with Crippen molar-refractivity contribution in [3.05, 3.63) is 29.8 Å². The lowest BCUT2D eigenvalue weighted by Gasteiger charge is -2.14. The molecule has 0 aromatic heterocycles. The van der Waals surface area contributed by atoms with Crippen LogP contribution in [0, 0.1) is 5.92 Å². The summed E-state index contributed by atoms with van der Waals surface area (Å²) in [5.41, 5.74) is 1.63. The number of rotatable bonds is 7. The monoisotopic (exact) mass is 264 g/mol. The first kappa shape index (κ1) is 15.5. The highest BCUT2D eigenvalue weighted by molar-refractivity contribution is 5.94. The highest BCUT2D eigenvalue weighted by atomic mass is 16.3. The molecular weight excluding hydrogens is 240 g/mol. The average Bonchev–Trinajstić information content (AvgIpc) is 2.42. The summed E-state index contributed by atoms with van der Waals surface area (Å²) in [6.07, 6.45) is 0.719. The van der Waals surface area contributed by atoms with Gasteiger partial charge in [-0.1, -0.05) is 20.8 Å². The number of hydrogen-bond acceptors (Lipinski definition) is 3. The van der Waals surface area contributed by atoms with Gasteiger partial charge in [0.15, 0.2) is 0 Å². The van der Waals surface area contributed by atoms with Gasteiger partial charge in [-0.3, -0.25) is 4.79 Å². The van der Waals surface area contributed by atoms with Gasteiger partial charge >= 0.3 is 0 Å². The second-order valence-corrected chi connectivity index (χ2v) is 5.11. The van der Waals surface area contributed by atoms with Crippen molar-refractivity contribution in [2.45, 2.75) is 33.2 Å². The van der Waals surface area contributed by atoms with Crippen LogP contribution in [0.3, 0.4) is 0 Å². The molecule has 1 aromatic rings. The molecule has 0 fully saturated rings. The van der Waals surface area contributed by atoms with Crippen LogP contribution in [0.2, 0.25) is 0 Å². The van der Waals surface area contributed by atoms with Crippen molar-refractivity contribution in [1.29, 1.82) is 0 Å². The van der Waals surface area contributed by atoms with Crippen LogP contribution in [0.5, 0.6) is 0 Å². The van der Waals surface area contributed by atoms with Gasteiger partial charge in [0.1, 0.15) is 0 Å². The number of anilines is 1. The van der Waals surface area contributed by atoms with Gasteiger partial charge in [0.25, 0.3) is 5.91 Å². The van der Waals surface area contributed by atoms with E-state index in [4.69, 9.17) is 5.11 Å². The van der Waals surface area contributed by atoms with E-state index in [2.05, 4.69) is 24.5 Å². The molecule has 1 unspecified atom stereocenters. The largest absolute Gasteiger partial charge is 0.394 e. The number of carbonyl (C=O) groups excluding carboxylic acids is 1. The fraction of sp³-hybridized carbons (Fsp3) is 0.533. The third-order valence-electron chi connectivity index (χ3n) is 2.91. The summed E-state index contributed by atoms with van der Waals surface area (Å²) < 4.78 is 0. The van der Waals surface area contributed by atoms with E-state index in [1.807, 2.05) is 19.1 Å². The third-order valence-corrected chi connectivity index (χ3v) is 2.91. The number of benzene rings is 1. The molecule has 1 rings (SSSR count). The number of carbonyl (C=O) groups is 1. The fourth-order valence-electron chi connectivity index (χ4n) is 1.61. The van der Waals surface area contributed by atoms with Crippen LogP contribution in [0.25, 0.3) is 0 Å². The number of nitrogens with one attached hydrogen (secondary N) is 2. The van der Waals surface area contributed by atoms with E-state index in [0.717, 1.165) is 18.7 Å². The van der Waals surface area contributed by atoms with E-state index >= 15 is 0 Å². The van der Waals surface area contributed by atoms with Gasteiger partial charge in [0.2, 0.25) is 0 Å². The lowest BCUT2D eigenvalue weighted by atomic mass is 10.1. The second-order valence-electron chi connectivity index (χ2n) is 5.11. The Morgan fingerprint density at radius 2 is 1.89 bits per heavy atom. The van der Waals surface area contributed by atoms with Gasteiger partial charge in [-0.25, -0.2) is 0 Å². The van der Waals surface area contributed by atoms with E-state index < -0.39 is 0 Å². The van der Waals surface area contributed by atoms with E-state index in [1.54, 1.807) is 12.1 Å². The molecule has 3 N–H and O–H groups in total. The molecule has 0 spiro atoms. The van der Waals surface area contributed by atoms with Gasteiger partial charge in [0, 0.05) is 17.8 Å².